The Labute approximate surface area is 243 Å². The Hall–Kier alpha value is -5.62. The highest BCUT2D eigenvalue weighted by molar-refractivity contribution is 5.94. The number of rotatable bonds is 6. The van der Waals surface area contributed by atoms with Crippen molar-refractivity contribution in [2.75, 3.05) is 0 Å². The molecule has 0 aliphatic heterocycles. The van der Waals surface area contributed by atoms with E-state index in [0.717, 1.165) is 44.5 Å². The highest BCUT2D eigenvalue weighted by Crippen LogP contribution is 2.32. The van der Waals surface area contributed by atoms with Crippen molar-refractivity contribution in [1.82, 2.24) is 24.1 Å². The predicted octanol–water partition coefficient (Wildman–Crippen LogP) is 7.67. The standard InChI is InChI=1S/C36H27N5O/c1-2-40-32-30(19-12-20-31(32)41(36(40)42)29-17-10-5-11-18-29)25-21-23-28(24-22-25)35-38-33(26-13-6-3-7-14-26)37-34(39-35)27-15-8-4-9-16-27/h3-24H,2H2,1H3. The van der Waals surface area contributed by atoms with E-state index in [9.17, 15) is 4.79 Å². The summed E-state index contributed by atoms with van der Waals surface area (Å²) in [4.78, 5) is 28.1. The first-order valence-corrected chi connectivity index (χ1v) is 14.0. The van der Waals surface area contributed by atoms with E-state index < -0.39 is 0 Å². The van der Waals surface area contributed by atoms with Crippen LogP contribution < -0.4 is 5.69 Å². The van der Waals surface area contributed by atoms with Gasteiger partial charge in [0.25, 0.3) is 0 Å². The van der Waals surface area contributed by atoms with E-state index in [-0.39, 0.29) is 5.69 Å². The summed E-state index contributed by atoms with van der Waals surface area (Å²) in [7, 11) is 0. The molecule has 0 saturated carbocycles. The molecule has 0 spiro atoms. The van der Waals surface area contributed by atoms with Crippen LogP contribution in [0.15, 0.2) is 138 Å². The van der Waals surface area contributed by atoms with Crippen LogP contribution in [0.5, 0.6) is 0 Å². The monoisotopic (exact) mass is 545 g/mol. The Kier molecular flexibility index (Phi) is 6.49. The Bertz CT molecular complexity index is 2010. The predicted molar refractivity (Wildman–Crippen MR) is 168 cm³/mol. The van der Waals surface area contributed by atoms with Gasteiger partial charge in [0.2, 0.25) is 0 Å². The second-order valence-electron chi connectivity index (χ2n) is 9.99. The van der Waals surface area contributed by atoms with Crippen molar-refractivity contribution in [1.29, 1.82) is 0 Å². The van der Waals surface area contributed by atoms with Crippen molar-refractivity contribution in [2.45, 2.75) is 13.5 Å². The van der Waals surface area contributed by atoms with E-state index in [2.05, 4.69) is 18.2 Å². The van der Waals surface area contributed by atoms with Gasteiger partial charge in [0.05, 0.1) is 16.7 Å². The highest BCUT2D eigenvalue weighted by Gasteiger charge is 2.18. The van der Waals surface area contributed by atoms with Crippen molar-refractivity contribution < 1.29 is 0 Å². The molecule has 2 heterocycles. The fraction of sp³-hybridized carbons (Fsp3) is 0.0556. The summed E-state index contributed by atoms with van der Waals surface area (Å²) in [5.41, 5.74) is 7.36. The molecule has 0 aliphatic carbocycles. The normalized spacial score (nSPS) is 11.2. The van der Waals surface area contributed by atoms with Crippen molar-refractivity contribution in [3.63, 3.8) is 0 Å². The van der Waals surface area contributed by atoms with E-state index in [4.69, 9.17) is 15.0 Å². The van der Waals surface area contributed by atoms with Gasteiger partial charge in [-0.2, -0.15) is 0 Å². The summed E-state index contributed by atoms with van der Waals surface area (Å²) in [5, 5.41) is 0. The molecular formula is C36H27N5O. The van der Waals surface area contributed by atoms with E-state index in [1.807, 2.05) is 127 Å². The molecule has 5 aromatic carbocycles. The van der Waals surface area contributed by atoms with Crippen LogP contribution in [0.2, 0.25) is 0 Å². The molecule has 0 atom stereocenters. The number of imidazole rings is 1. The minimum Gasteiger partial charge on any atom is -0.291 e. The molecule has 202 valence electrons. The van der Waals surface area contributed by atoms with Gasteiger partial charge in [-0.15, -0.1) is 0 Å². The van der Waals surface area contributed by atoms with E-state index in [0.29, 0.717) is 24.0 Å². The molecule has 7 rings (SSSR count). The molecule has 6 nitrogen and oxygen atoms in total. The fourth-order valence-corrected chi connectivity index (χ4v) is 5.40. The van der Waals surface area contributed by atoms with Gasteiger partial charge in [-0.1, -0.05) is 115 Å². The van der Waals surface area contributed by atoms with Crippen LogP contribution in [-0.2, 0) is 6.54 Å². The van der Waals surface area contributed by atoms with Crippen LogP contribution in [0.3, 0.4) is 0 Å². The molecular weight excluding hydrogens is 518 g/mol. The minimum absolute atomic E-state index is 0.0464. The molecule has 0 radical (unpaired) electrons. The number of hydrogen-bond donors (Lipinski definition) is 0. The van der Waals surface area contributed by atoms with E-state index in [1.54, 1.807) is 4.57 Å². The topological polar surface area (TPSA) is 65.6 Å². The molecule has 0 amide bonds. The lowest BCUT2D eigenvalue weighted by atomic mass is 10.0. The molecule has 0 saturated heterocycles. The number of aryl methyl sites for hydroxylation is 1. The van der Waals surface area contributed by atoms with E-state index in [1.165, 1.54) is 0 Å². The van der Waals surface area contributed by atoms with Gasteiger partial charge in [-0.25, -0.2) is 19.7 Å². The summed E-state index contributed by atoms with van der Waals surface area (Å²) < 4.78 is 3.63. The molecule has 0 bridgehead atoms. The smallest absolute Gasteiger partial charge is 0.291 e. The lowest BCUT2D eigenvalue weighted by Crippen LogP contribution is -2.22. The van der Waals surface area contributed by atoms with Crippen molar-refractivity contribution >= 4 is 11.0 Å². The molecule has 0 aliphatic rings. The molecule has 0 fully saturated rings. The maximum atomic E-state index is 13.5. The number of para-hydroxylation sites is 2. The van der Waals surface area contributed by atoms with Crippen LogP contribution in [0.1, 0.15) is 6.92 Å². The maximum Gasteiger partial charge on any atom is 0.333 e. The van der Waals surface area contributed by atoms with Crippen molar-refractivity contribution in [3.8, 4) is 51.0 Å². The fourth-order valence-electron chi connectivity index (χ4n) is 5.40. The third kappa shape index (κ3) is 4.49. The van der Waals surface area contributed by atoms with Gasteiger partial charge in [0.1, 0.15) is 0 Å². The summed E-state index contributed by atoms with van der Waals surface area (Å²) >= 11 is 0. The second-order valence-corrected chi connectivity index (χ2v) is 9.99. The zero-order valence-electron chi connectivity index (χ0n) is 23.1. The van der Waals surface area contributed by atoms with Crippen LogP contribution in [0, 0.1) is 0 Å². The quantitative estimate of drug-likeness (QED) is 0.215. The summed E-state index contributed by atoms with van der Waals surface area (Å²) in [6, 6.07) is 44.0. The molecule has 42 heavy (non-hydrogen) atoms. The van der Waals surface area contributed by atoms with Crippen molar-refractivity contribution in [3.05, 3.63) is 144 Å². The van der Waals surface area contributed by atoms with Crippen molar-refractivity contribution in [2.24, 2.45) is 0 Å². The number of hydrogen-bond acceptors (Lipinski definition) is 4. The summed E-state index contributed by atoms with van der Waals surface area (Å²) in [6.45, 7) is 2.57. The van der Waals surface area contributed by atoms with Gasteiger partial charge in [-0.05, 0) is 30.7 Å². The molecule has 7 aromatic rings. The SMILES string of the molecule is CCn1c(=O)n(-c2ccccc2)c2cccc(-c3ccc(-c4nc(-c5ccccc5)nc(-c5ccccc5)n4)cc3)c21. The average molecular weight is 546 g/mol. The first-order chi connectivity index (χ1) is 20.7. The van der Waals surface area contributed by atoms with Crippen LogP contribution in [-0.4, -0.2) is 24.1 Å². The Morgan fingerprint density at radius 3 is 1.52 bits per heavy atom. The Morgan fingerprint density at radius 1 is 0.524 bits per heavy atom. The number of benzene rings is 5. The van der Waals surface area contributed by atoms with Crippen LogP contribution in [0.4, 0.5) is 0 Å². The number of nitrogens with zero attached hydrogens (tertiary/aromatic N) is 5. The molecule has 2 aromatic heterocycles. The Balaban J connectivity index is 1.34. The third-order valence-electron chi connectivity index (χ3n) is 7.43. The molecule has 0 unspecified atom stereocenters. The number of aromatic nitrogens is 5. The Morgan fingerprint density at radius 2 is 1.00 bits per heavy atom. The lowest BCUT2D eigenvalue weighted by molar-refractivity contribution is 0.734. The lowest BCUT2D eigenvalue weighted by Gasteiger charge is -2.10. The van der Waals surface area contributed by atoms with Crippen LogP contribution >= 0.6 is 0 Å². The van der Waals surface area contributed by atoms with E-state index >= 15 is 0 Å². The second kappa shape index (κ2) is 10.7. The van der Waals surface area contributed by atoms with Gasteiger partial charge in [-0.3, -0.25) is 9.13 Å². The third-order valence-corrected chi connectivity index (χ3v) is 7.43. The molecule has 6 heteroatoms. The highest BCUT2D eigenvalue weighted by atomic mass is 16.1. The largest absolute Gasteiger partial charge is 0.333 e. The van der Waals surface area contributed by atoms with Crippen LogP contribution in [0.25, 0.3) is 62.0 Å². The minimum atomic E-state index is -0.0464. The van der Waals surface area contributed by atoms with Gasteiger partial charge < -0.3 is 0 Å². The summed E-state index contributed by atoms with van der Waals surface area (Å²) in [5.74, 6) is 1.86. The first kappa shape index (κ1) is 25.4. The summed E-state index contributed by atoms with van der Waals surface area (Å²) in [6.07, 6.45) is 0. The van der Waals surface area contributed by atoms with Gasteiger partial charge in [0, 0.05) is 28.8 Å². The zero-order chi connectivity index (χ0) is 28.5. The maximum absolute atomic E-state index is 13.5. The number of fused-ring (bicyclic) bond motifs is 1. The van der Waals surface area contributed by atoms with Gasteiger partial charge >= 0.3 is 5.69 Å². The molecule has 0 N–H and O–H groups in total. The average Bonchev–Trinajstić information content (AvgIpc) is 3.36. The first-order valence-electron chi connectivity index (χ1n) is 14.0. The zero-order valence-corrected chi connectivity index (χ0v) is 23.1. The van der Waals surface area contributed by atoms with Gasteiger partial charge in [0.15, 0.2) is 17.5 Å².